The Morgan fingerprint density at radius 1 is 1.18 bits per heavy atom. The van der Waals surface area contributed by atoms with E-state index in [0.29, 0.717) is 12.5 Å². The molecule has 0 radical (unpaired) electrons. The van der Waals surface area contributed by atoms with Crippen LogP contribution in [0.5, 0.6) is 0 Å². The van der Waals surface area contributed by atoms with Gasteiger partial charge < -0.3 is 9.47 Å². The quantitative estimate of drug-likeness (QED) is 0.683. The van der Waals surface area contributed by atoms with Gasteiger partial charge in [-0.25, -0.2) is 4.79 Å². The molecular formula is C14H28O3. The second-order valence-electron chi connectivity index (χ2n) is 5.04. The van der Waals surface area contributed by atoms with E-state index in [9.17, 15) is 4.79 Å². The topological polar surface area (TPSA) is 35.5 Å². The van der Waals surface area contributed by atoms with Crippen molar-refractivity contribution in [1.29, 1.82) is 0 Å². The lowest BCUT2D eigenvalue weighted by Crippen LogP contribution is -2.22. The summed E-state index contributed by atoms with van der Waals surface area (Å²) in [7, 11) is 0. The van der Waals surface area contributed by atoms with Gasteiger partial charge in [0.2, 0.25) is 0 Å². The second kappa shape index (κ2) is 10.4. The zero-order chi connectivity index (χ0) is 13.1. The summed E-state index contributed by atoms with van der Waals surface area (Å²) in [5.74, 6) is 0.369. The minimum absolute atomic E-state index is 0.100. The van der Waals surface area contributed by atoms with Crippen molar-refractivity contribution in [3.05, 3.63) is 0 Å². The van der Waals surface area contributed by atoms with E-state index in [4.69, 9.17) is 9.47 Å². The molecule has 1 saturated carbocycles. The molecule has 0 aromatic carbocycles. The molecule has 102 valence electrons. The van der Waals surface area contributed by atoms with Crippen LogP contribution in [-0.4, -0.2) is 18.9 Å². The molecule has 3 nitrogen and oxygen atoms in total. The molecule has 1 fully saturated rings. The zero-order valence-corrected chi connectivity index (χ0v) is 11.8. The van der Waals surface area contributed by atoms with Gasteiger partial charge >= 0.3 is 6.16 Å². The van der Waals surface area contributed by atoms with Gasteiger partial charge in [-0.3, -0.25) is 0 Å². The predicted octanol–water partition coefficient (Wildman–Crippen LogP) is 4.54. The van der Waals surface area contributed by atoms with Gasteiger partial charge in [0.15, 0.2) is 0 Å². The van der Waals surface area contributed by atoms with Crippen molar-refractivity contribution >= 4 is 6.16 Å². The van der Waals surface area contributed by atoms with Crippen LogP contribution in [0.25, 0.3) is 0 Å². The fourth-order valence-corrected chi connectivity index (χ4v) is 1.59. The number of ether oxygens (including phenoxy) is 2. The largest absolute Gasteiger partial charge is 0.508 e. The van der Waals surface area contributed by atoms with Crippen molar-refractivity contribution in [2.75, 3.05) is 6.61 Å². The van der Waals surface area contributed by atoms with E-state index in [-0.39, 0.29) is 6.10 Å². The van der Waals surface area contributed by atoms with E-state index < -0.39 is 6.16 Å². The van der Waals surface area contributed by atoms with Gasteiger partial charge in [0, 0.05) is 0 Å². The first-order valence-corrected chi connectivity index (χ1v) is 6.93. The number of rotatable bonds is 3. The first kappa shape index (κ1) is 16.3. The molecule has 17 heavy (non-hydrogen) atoms. The third kappa shape index (κ3) is 10.2. The summed E-state index contributed by atoms with van der Waals surface area (Å²) in [6.45, 7) is 8.72. The Morgan fingerprint density at radius 2 is 1.71 bits per heavy atom. The van der Waals surface area contributed by atoms with E-state index >= 15 is 0 Å². The van der Waals surface area contributed by atoms with Crippen molar-refractivity contribution in [3.63, 3.8) is 0 Å². The summed E-state index contributed by atoms with van der Waals surface area (Å²) in [6, 6.07) is 0. The van der Waals surface area contributed by atoms with Crippen LogP contribution < -0.4 is 0 Å². The maximum Gasteiger partial charge on any atom is 0.508 e. The Labute approximate surface area is 106 Å². The number of hydrogen-bond donors (Lipinski definition) is 0. The van der Waals surface area contributed by atoms with Gasteiger partial charge in [-0.15, -0.1) is 0 Å². The van der Waals surface area contributed by atoms with Crippen LogP contribution >= 0.6 is 0 Å². The van der Waals surface area contributed by atoms with E-state index in [1.165, 1.54) is 25.7 Å². The summed E-state index contributed by atoms with van der Waals surface area (Å²) in [4.78, 5) is 11.2. The molecule has 0 atom stereocenters. The highest BCUT2D eigenvalue weighted by atomic mass is 16.7. The van der Waals surface area contributed by atoms with Crippen molar-refractivity contribution in [2.24, 2.45) is 5.92 Å². The molecule has 1 aliphatic carbocycles. The molecule has 0 aromatic rings. The Hall–Kier alpha value is -0.730. The van der Waals surface area contributed by atoms with Crippen LogP contribution in [0.2, 0.25) is 0 Å². The highest BCUT2D eigenvalue weighted by Gasteiger charge is 2.18. The van der Waals surface area contributed by atoms with Crippen LogP contribution in [0.3, 0.4) is 0 Å². The maximum atomic E-state index is 11.2. The van der Waals surface area contributed by atoms with Crippen LogP contribution in [0.15, 0.2) is 0 Å². The van der Waals surface area contributed by atoms with Crippen LogP contribution in [0.4, 0.5) is 4.79 Å². The Kier molecular flexibility index (Phi) is 9.98. The maximum absolute atomic E-state index is 11.2. The molecule has 3 heteroatoms. The van der Waals surface area contributed by atoms with Crippen LogP contribution in [0.1, 0.15) is 66.2 Å². The summed E-state index contributed by atoms with van der Waals surface area (Å²) in [5.41, 5.74) is 0. The Morgan fingerprint density at radius 3 is 2.18 bits per heavy atom. The van der Waals surface area contributed by atoms with Crippen molar-refractivity contribution in [1.82, 2.24) is 0 Å². The first-order chi connectivity index (χ1) is 8.10. The van der Waals surface area contributed by atoms with E-state index in [1.54, 1.807) is 0 Å². The molecule has 0 saturated heterocycles. The van der Waals surface area contributed by atoms with Gasteiger partial charge in [-0.1, -0.05) is 40.5 Å². The highest BCUT2D eigenvalue weighted by Crippen LogP contribution is 2.20. The predicted molar refractivity (Wildman–Crippen MR) is 70.1 cm³/mol. The molecule has 0 amide bonds. The summed E-state index contributed by atoms with van der Waals surface area (Å²) >= 11 is 0. The minimum Gasteiger partial charge on any atom is -0.434 e. The second-order valence-corrected chi connectivity index (χ2v) is 5.04. The molecule has 0 unspecified atom stereocenters. The van der Waals surface area contributed by atoms with E-state index in [1.807, 2.05) is 13.8 Å². The zero-order valence-electron chi connectivity index (χ0n) is 11.8. The molecule has 1 rings (SSSR count). The summed E-state index contributed by atoms with van der Waals surface area (Å²) < 4.78 is 10.1. The van der Waals surface area contributed by atoms with Crippen molar-refractivity contribution in [2.45, 2.75) is 72.3 Å². The van der Waals surface area contributed by atoms with Crippen LogP contribution in [0, 0.1) is 5.92 Å². The molecule has 0 N–H and O–H groups in total. The SMILES string of the molecule is CC(C)COC(=O)OC1CCCCC1.CCC. The van der Waals surface area contributed by atoms with Gasteiger partial charge in [0.25, 0.3) is 0 Å². The molecule has 0 aromatic heterocycles. The van der Waals surface area contributed by atoms with E-state index in [2.05, 4.69) is 13.8 Å². The molecule has 0 aliphatic heterocycles. The average molecular weight is 244 g/mol. The monoisotopic (exact) mass is 244 g/mol. The highest BCUT2D eigenvalue weighted by molar-refractivity contribution is 5.60. The van der Waals surface area contributed by atoms with Crippen molar-refractivity contribution in [3.8, 4) is 0 Å². The molecule has 1 aliphatic rings. The lowest BCUT2D eigenvalue weighted by Gasteiger charge is -2.21. The molecular weight excluding hydrogens is 216 g/mol. The fourth-order valence-electron chi connectivity index (χ4n) is 1.59. The summed E-state index contributed by atoms with van der Waals surface area (Å²) in [5, 5.41) is 0. The first-order valence-electron chi connectivity index (χ1n) is 6.93. The molecule has 0 heterocycles. The minimum atomic E-state index is -0.495. The third-order valence-corrected chi connectivity index (χ3v) is 2.35. The number of carbonyl (C=O) groups is 1. The van der Waals surface area contributed by atoms with Crippen LogP contribution in [-0.2, 0) is 9.47 Å². The third-order valence-electron chi connectivity index (χ3n) is 2.35. The smallest absolute Gasteiger partial charge is 0.434 e. The van der Waals surface area contributed by atoms with E-state index in [0.717, 1.165) is 12.8 Å². The van der Waals surface area contributed by atoms with Gasteiger partial charge in [0.05, 0.1) is 6.61 Å². The average Bonchev–Trinajstić information content (AvgIpc) is 2.29. The number of hydrogen-bond acceptors (Lipinski definition) is 3. The molecule has 0 spiro atoms. The fraction of sp³-hybridized carbons (Fsp3) is 0.929. The van der Waals surface area contributed by atoms with Crippen molar-refractivity contribution < 1.29 is 14.3 Å². The number of carbonyl (C=O) groups excluding carboxylic acids is 1. The standard InChI is InChI=1S/C11H20O3.C3H8/c1-9(2)8-13-11(12)14-10-6-4-3-5-7-10;1-3-2/h9-10H,3-8H2,1-2H3;3H2,1-2H3. The lowest BCUT2D eigenvalue weighted by molar-refractivity contribution is 0.00634. The lowest BCUT2D eigenvalue weighted by atomic mass is 9.98. The Bertz CT molecular complexity index is 184. The van der Waals surface area contributed by atoms with Gasteiger partial charge in [0.1, 0.15) is 6.10 Å². The van der Waals surface area contributed by atoms with Gasteiger partial charge in [-0.2, -0.15) is 0 Å². The Balaban J connectivity index is 0.000000770. The van der Waals surface area contributed by atoms with Gasteiger partial charge in [-0.05, 0) is 31.6 Å². The summed E-state index contributed by atoms with van der Waals surface area (Å²) in [6.07, 6.45) is 6.45. The molecule has 0 bridgehead atoms. The normalized spacial score (nSPS) is 16.1.